The first-order valence-electron chi connectivity index (χ1n) is 3.31. The SMILES string of the molecule is COC(O)c1ccc(Cl)c(Cl)c1. The van der Waals surface area contributed by atoms with Crippen molar-refractivity contribution in [3.8, 4) is 0 Å². The summed E-state index contributed by atoms with van der Waals surface area (Å²) in [4.78, 5) is 0. The molecule has 0 amide bonds. The number of ether oxygens (including phenoxy) is 1. The molecule has 0 aliphatic rings. The molecule has 0 heterocycles. The van der Waals surface area contributed by atoms with Gasteiger partial charge in [0, 0.05) is 12.7 Å². The van der Waals surface area contributed by atoms with Crippen molar-refractivity contribution in [3.63, 3.8) is 0 Å². The molecule has 0 spiro atoms. The van der Waals surface area contributed by atoms with Crippen LogP contribution in [0.2, 0.25) is 10.0 Å². The van der Waals surface area contributed by atoms with Crippen LogP contribution < -0.4 is 0 Å². The number of halogens is 2. The number of methoxy groups -OCH3 is 1. The van der Waals surface area contributed by atoms with Gasteiger partial charge in [-0.15, -0.1) is 0 Å². The molecule has 1 unspecified atom stereocenters. The Hall–Kier alpha value is -0.280. The van der Waals surface area contributed by atoms with Crippen LogP contribution in [0.15, 0.2) is 18.2 Å². The van der Waals surface area contributed by atoms with Gasteiger partial charge >= 0.3 is 0 Å². The van der Waals surface area contributed by atoms with Crippen molar-refractivity contribution < 1.29 is 9.84 Å². The van der Waals surface area contributed by atoms with E-state index >= 15 is 0 Å². The summed E-state index contributed by atoms with van der Waals surface area (Å²) in [7, 11) is 1.41. The normalized spacial score (nSPS) is 13.0. The van der Waals surface area contributed by atoms with Gasteiger partial charge in [-0.25, -0.2) is 0 Å². The zero-order valence-corrected chi connectivity index (χ0v) is 7.93. The molecule has 4 heteroatoms. The van der Waals surface area contributed by atoms with Crippen LogP contribution in [0.5, 0.6) is 0 Å². The van der Waals surface area contributed by atoms with Gasteiger partial charge in [-0.05, 0) is 12.1 Å². The molecule has 12 heavy (non-hydrogen) atoms. The maximum Gasteiger partial charge on any atom is 0.180 e. The Labute approximate surface area is 80.7 Å². The Morgan fingerprint density at radius 1 is 1.33 bits per heavy atom. The van der Waals surface area contributed by atoms with Crippen molar-refractivity contribution in [1.82, 2.24) is 0 Å². The summed E-state index contributed by atoms with van der Waals surface area (Å²) >= 11 is 11.4. The van der Waals surface area contributed by atoms with E-state index in [0.717, 1.165) is 0 Å². The van der Waals surface area contributed by atoms with Crippen molar-refractivity contribution in [3.05, 3.63) is 33.8 Å². The van der Waals surface area contributed by atoms with Crippen molar-refractivity contribution in [2.24, 2.45) is 0 Å². The van der Waals surface area contributed by atoms with Gasteiger partial charge in [-0.2, -0.15) is 0 Å². The third-order valence-electron chi connectivity index (χ3n) is 1.45. The van der Waals surface area contributed by atoms with Gasteiger partial charge in [-0.3, -0.25) is 0 Å². The van der Waals surface area contributed by atoms with Crippen molar-refractivity contribution in [2.45, 2.75) is 6.29 Å². The molecule has 2 nitrogen and oxygen atoms in total. The van der Waals surface area contributed by atoms with Gasteiger partial charge in [-0.1, -0.05) is 29.3 Å². The summed E-state index contributed by atoms with van der Waals surface area (Å²) < 4.78 is 4.68. The summed E-state index contributed by atoms with van der Waals surface area (Å²) in [5, 5.41) is 10.1. The molecule has 0 saturated carbocycles. The molecule has 0 saturated heterocycles. The highest BCUT2D eigenvalue weighted by molar-refractivity contribution is 6.42. The molecule has 1 aromatic carbocycles. The first kappa shape index (κ1) is 9.81. The van der Waals surface area contributed by atoms with Crippen LogP contribution in [0, 0.1) is 0 Å². The molecule has 0 fully saturated rings. The standard InChI is InChI=1S/C8H8Cl2O2/c1-12-8(11)5-2-3-6(9)7(10)4-5/h2-4,8,11H,1H3. The molecule has 1 N–H and O–H groups in total. The third-order valence-corrected chi connectivity index (χ3v) is 2.19. The van der Waals surface area contributed by atoms with Crippen LogP contribution >= 0.6 is 23.2 Å². The summed E-state index contributed by atoms with van der Waals surface area (Å²) in [5.74, 6) is 0. The van der Waals surface area contributed by atoms with E-state index in [1.807, 2.05) is 0 Å². The largest absolute Gasteiger partial charge is 0.364 e. The van der Waals surface area contributed by atoms with Crippen LogP contribution in [-0.4, -0.2) is 12.2 Å². The van der Waals surface area contributed by atoms with Crippen LogP contribution in [-0.2, 0) is 4.74 Å². The maximum absolute atomic E-state index is 9.22. The topological polar surface area (TPSA) is 29.5 Å². The number of hydrogen-bond acceptors (Lipinski definition) is 2. The van der Waals surface area contributed by atoms with Gasteiger partial charge in [0.25, 0.3) is 0 Å². The van der Waals surface area contributed by atoms with E-state index in [2.05, 4.69) is 4.74 Å². The predicted molar refractivity (Wildman–Crippen MR) is 48.4 cm³/mol. The Kier molecular flexibility index (Phi) is 3.35. The molecule has 0 aromatic heterocycles. The molecule has 0 aliphatic carbocycles. The van der Waals surface area contributed by atoms with E-state index in [0.29, 0.717) is 15.6 Å². The monoisotopic (exact) mass is 206 g/mol. The fraction of sp³-hybridized carbons (Fsp3) is 0.250. The van der Waals surface area contributed by atoms with Crippen molar-refractivity contribution in [2.75, 3.05) is 7.11 Å². The molecular weight excluding hydrogens is 199 g/mol. The Morgan fingerprint density at radius 3 is 2.50 bits per heavy atom. The van der Waals surface area contributed by atoms with Gasteiger partial charge in [0.2, 0.25) is 0 Å². The summed E-state index contributed by atoms with van der Waals surface area (Å²) in [6.45, 7) is 0. The van der Waals surface area contributed by atoms with Gasteiger partial charge in [0.1, 0.15) is 0 Å². The number of rotatable bonds is 2. The number of benzene rings is 1. The average molecular weight is 207 g/mol. The van der Waals surface area contributed by atoms with E-state index in [1.165, 1.54) is 7.11 Å². The first-order valence-corrected chi connectivity index (χ1v) is 4.06. The highest BCUT2D eigenvalue weighted by atomic mass is 35.5. The molecular formula is C8H8Cl2O2. The van der Waals surface area contributed by atoms with Crippen molar-refractivity contribution in [1.29, 1.82) is 0 Å². The lowest BCUT2D eigenvalue weighted by molar-refractivity contribution is -0.0769. The Balaban J connectivity index is 2.96. The lowest BCUT2D eigenvalue weighted by Gasteiger charge is -2.08. The van der Waals surface area contributed by atoms with E-state index in [9.17, 15) is 5.11 Å². The van der Waals surface area contributed by atoms with Gasteiger partial charge in [0.05, 0.1) is 10.0 Å². The van der Waals surface area contributed by atoms with Crippen LogP contribution in [0.3, 0.4) is 0 Å². The minimum Gasteiger partial charge on any atom is -0.364 e. The molecule has 0 bridgehead atoms. The second-order valence-corrected chi connectivity index (χ2v) is 3.08. The third kappa shape index (κ3) is 2.11. The zero-order valence-electron chi connectivity index (χ0n) is 6.42. The molecule has 66 valence electrons. The van der Waals surface area contributed by atoms with Crippen LogP contribution in [0.1, 0.15) is 11.9 Å². The fourth-order valence-corrected chi connectivity index (χ4v) is 1.11. The van der Waals surface area contributed by atoms with Crippen molar-refractivity contribution >= 4 is 23.2 Å². The Morgan fingerprint density at radius 2 is 2.00 bits per heavy atom. The summed E-state index contributed by atoms with van der Waals surface area (Å²) in [6, 6.07) is 4.84. The molecule has 1 aromatic rings. The van der Waals surface area contributed by atoms with Gasteiger partial charge < -0.3 is 9.84 Å². The highest BCUT2D eigenvalue weighted by Crippen LogP contribution is 2.25. The molecule has 0 radical (unpaired) electrons. The zero-order chi connectivity index (χ0) is 9.14. The van der Waals surface area contributed by atoms with Crippen LogP contribution in [0.4, 0.5) is 0 Å². The predicted octanol–water partition coefficient (Wildman–Crippen LogP) is 2.63. The van der Waals surface area contributed by atoms with Gasteiger partial charge in [0.15, 0.2) is 6.29 Å². The number of hydrogen-bond donors (Lipinski definition) is 1. The lowest BCUT2D eigenvalue weighted by atomic mass is 10.2. The second-order valence-electron chi connectivity index (χ2n) is 2.26. The van der Waals surface area contributed by atoms with E-state index in [4.69, 9.17) is 23.2 Å². The molecule has 1 rings (SSSR count). The van der Waals surface area contributed by atoms with E-state index in [-0.39, 0.29) is 0 Å². The van der Waals surface area contributed by atoms with E-state index < -0.39 is 6.29 Å². The second kappa shape index (κ2) is 4.10. The van der Waals surface area contributed by atoms with Crippen LogP contribution in [0.25, 0.3) is 0 Å². The summed E-state index contributed by atoms with van der Waals surface area (Å²) in [5.41, 5.74) is 0.590. The number of aliphatic hydroxyl groups excluding tert-OH is 1. The maximum atomic E-state index is 9.22. The molecule has 1 atom stereocenters. The quantitative estimate of drug-likeness (QED) is 0.755. The average Bonchev–Trinajstić information content (AvgIpc) is 2.08. The minimum absolute atomic E-state index is 0.408. The summed E-state index contributed by atoms with van der Waals surface area (Å²) in [6.07, 6.45) is -0.945. The Bertz CT molecular complexity index is 276. The molecule has 0 aliphatic heterocycles. The minimum atomic E-state index is -0.945. The fourth-order valence-electron chi connectivity index (χ4n) is 0.802. The highest BCUT2D eigenvalue weighted by Gasteiger charge is 2.06. The smallest absolute Gasteiger partial charge is 0.180 e. The number of aliphatic hydroxyl groups is 1. The van der Waals surface area contributed by atoms with E-state index in [1.54, 1.807) is 18.2 Å². The lowest BCUT2D eigenvalue weighted by Crippen LogP contribution is -1.98. The first-order chi connectivity index (χ1) is 5.65.